The molecule has 264 valence electrons. The summed E-state index contributed by atoms with van der Waals surface area (Å²) in [6, 6.07) is 27.3. The highest BCUT2D eigenvalue weighted by Crippen LogP contribution is 2.67. The predicted molar refractivity (Wildman–Crippen MR) is 191 cm³/mol. The van der Waals surface area contributed by atoms with Crippen molar-refractivity contribution in [2.24, 2.45) is 0 Å². The minimum Gasteiger partial charge on any atom is -0.461 e. The van der Waals surface area contributed by atoms with E-state index in [4.69, 9.17) is 13.8 Å². The van der Waals surface area contributed by atoms with Gasteiger partial charge in [0.25, 0.3) is 5.69 Å². The molecule has 0 aromatic heterocycles. The molecule has 3 atom stereocenters. The van der Waals surface area contributed by atoms with Crippen molar-refractivity contribution in [2.45, 2.75) is 58.3 Å². The molecule has 3 aromatic rings. The van der Waals surface area contributed by atoms with Crippen molar-refractivity contribution in [3.63, 3.8) is 0 Å². The Labute approximate surface area is 293 Å². The van der Waals surface area contributed by atoms with Gasteiger partial charge in [0.1, 0.15) is 6.61 Å². The summed E-state index contributed by atoms with van der Waals surface area (Å²) in [5, 5.41) is 15.2. The van der Waals surface area contributed by atoms with Crippen LogP contribution < -0.4 is 5.32 Å². The second kappa shape index (κ2) is 15.4. The Bertz CT molecular complexity index is 1750. The van der Waals surface area contributed by atoms with Crippen LogP contribution in [0.1, 0.15) is 62.8 Å². The van der Waals surface area contributed by atoms with E-state index in [9.17, 15) is 19.5 Å². The summed E-state index contributed by atoms with van der Waals surface area (Å²) in [4.78, 5) is 30.1. The van der Waals surface area contributed by atoms with Gasteiger partial charge in [-0.25, -0.2) is 4.79 Å². The SMILES string of the molecule is CC1=C(C(=O)OCCN2CCN(C(c3ccccc3)c3ccccc3)CC2)C(c2cccc([N+](=O)[O-])c2)C(P2(=O)OC(C)CC(C)O2)=C(C)N1. The second-order valence-electron chi connectivity index (χ2n) is 13.3. The van der Waals surface area contributed by atoms with Crippen LogP contribution in [0.25, 0.3) is 0 Å². The lowest BCUT2D eigenvalue weighted by molar-refractivity contribution is -0.384. The molecule has 0 radical (unpaired) electrons. The number of hydrogen-bond donors (Lipinski definition) is 1. The van der Waals surface area contributed by atoms with Crippen LogP contribution in [0, 0.1) is 10.1 Å². The van der Waals surface area contributed by atoms with E-state index in [0.717, 1.165) is 26.2 Å². The molecule has 3 aliphatic heterocycles. The van der Waals surface area contributed by atoms with Crippen molar-refractivity contribution in [1.29, 1.82) is 0 Å². The van der Waals surface area contributed by atoms with Crippen LogP contribution in [0.5, 0.6) is 0 Å². The molecule has 3 heterocycles. The Morgan fingerprint density at radius 1 is 0.920 bits per heavy atom. The van der Waals surface area contributed by atoms with E-state index in [2.05, 4.69) is 63.6 Å². The number of allylic oxidation sites excluding steroid dienone is 3. The van der Waals surface area contributed by atoms with Gasteiger partial charge in [0.2, 0.25) is 0 Å². The molecule has 2 fully saturated rings. The minimum absolute atomic E-state index is 0.144. The summed E-state index contributed by atoms with van der Waals surface area (Å²) in [5.74, 6) is -1.53. The summed E-state index contributed by atoms with van der Waals surface area (Å²) >= 11 is 0. The molecular weight excluding hydrogens is 655 g/mol. The van der Waals surface area contributed by atoms with Gasteiger partial charge in [0.05, 0.1) is 40.0 Å². The molecule has 0 amide bonds. The van der Waals surface area contributed by atoms with Gasteiger partial charge >= 0.3 is 13.6 Å². The Morgan fingerprint density at radius 3 is 2.10 bits per heavy atom. The van der Waals surface area contributed by atoms with Crippen molar-refractivity contribution in [2.75, 3.05) is 39.3 Å². The molecule has 6 rings (SSSR count). The predicted octanol–water partition coefficient (Wildman–Crippen LogP) is 7.14. The summed E-state index contributed by atoms with van der Waals surface area (Å²) in [6.45, 7) is 11.2. The minimum atomic E-state index is -3.94. The van der Waals surface area contributed by atoms with E-state index < -0.39 is 24.4 Å². The van der Waals surface area contributed by atoms with Crippen LogP contribution in [0.4, 0.5) is 5.69 Å². The molecule has 2 saturated heterocycles. The van der Waals surface area contributed by atoms with Crippen molar-refractivity contribution in [1.82, 2.24) is 15.1 Å². The van der Waals surface area contributed by atoms with Crippen LogP contribution in [-0.4, -0.2) is 72.2 Å². The van der Waals surface area contributed by atoms with Gasteiger partial charge in [-0.15, -0.1) is 0 Å². The third kappa shape index (κ3) is 7.77. The van der Waals surface area contributed by atoms with E-state index in [1.165, 1.54) is 23.3 Å². The van der Waals surface area contributed by atoms with Gasteiger partial charge < -0.3 is 19.1 Å². The van der Waals surface area contributed by atoms with Crippen LogP contribution in [0.2, 0.25) is 0 Å². The highest BCUT2D eigenvalue weighted by molar-refractivity contribution is 7.58. The topological polar surface area (TPSA) is 123 Å². The molecule has 0 saturated carbocycles. The maximum Gasteiger partial charge on any atom is 0.360 e. The van der Waals surface area contributed by atoms with Gasteiger partial charge in [-0.3, -0.25) is 24.5 Å². The average molecular weight is 701 g/mol. The lowest BCUT2D eigenvalue weighted by atomic mass is 9.86. The van der Waals surface area contributed by atoms with Gasteiger partial charge in [-0.1, -0.05) is 72.8 Å². The molecule has 1 N–H and O–H groups in total. The highest BCUT2D eigenvalue weighted by atomic mass is 31.2. The summed E-state index contributed by atoms with van der Waals surface area (Å²) in [7, 11) is -3.94. The zero-order chi connectivity index (χ0) is 35.4. The van der Waals surface area contributed by atoms with E-state index in [0.29, 0.717) is 29.9 Å². The number of nitrogens with one attached hydrogen (secondary N) is 1. The van der Waals surface area contributed by atoms with Crippen LogP contribution >= 0.6 is 7.60 Å². The molecule has 11 nitrogen and oxygen atoms in total. The van der Waals surface area contributed by atoms with Gasteiger partial charge in [0.15, 0.2) is 0 Å². The Kier molecular flexibility index (Phi) is 11.0. The molecular formula is C38H45N4O7P. The number of carbonyl (C=O) groups excluding carboxylic acids is 1. The number of piperazine rings is 1. The molecule has 3 unspecified atom stereocenters. The Hall–Kier alpha value is -4.12. The number of hydrogen-bond acceptors (Lipinski definition) is 10. The fraction of sp³-hybridized carbons (Fsp3) is 0.395. The van der Waals surface area contributed by atoms with Crippen molar-refractivity contribution in [3.8, 4) is 0 Å². The first kappa shape index (κ1) is 35.7. The molecule has 0 aliphatic carbocycles. The first-order valence-electron chi connectivity index (χ1n) is 17.2. The maximum absolute atomic E-state index is 14.5. The average Bonchev–Trinajstić information content (AvgIpc) is 3.09. The number of ether oxygens (including phenoxy) is 1. The lowest BCUT2D eigenvalue weighted by Crippen LogP contribution is -2.48. The summed E-state index contributed by atoms with van der Waals surface area (Å²) in [6.07, 6.45) is -0.147. The number of rotatable bonds is 10. The van der Waals surface area contributed by atoms with Crippen LogP contribution in [-0.2, 0) is 23.1 Å². The molecule has 3 aliphatic rings. The van der Waals surface area contributed by atoms with Crippen molar-refractivity contribution >= 4 is 19.3 Å². The van der Waals surface area contributed by atoms with Crippen LogP contribution in [0.15, 0.2) is 107 Å². The second-order valence-corrected chi connectivity index (χ2v) is 15.2. The van der Waals surface area contributed by atoms with E-state index in [1.54, 1.807) is 26.0 Å². The monoisotopic (exact) mass is 700 g/mol. The fourth-order valence-corrected chi connectivity index (χ4v) is 9.86. The third-order valence-electron chi connectivity index (χ3n) is 9.60. The zero-order valence-corrected chi connectivity index (χ0v) is 29.9. The Morgan fingerprint density at radius 2 is 1.52 bits per heavy atom. The van der Waals surface area contributed by atoms with Gasteiger partial charge in [-0.05, 0) is 44.4 Å². The van der Waals surface area contributed by atoms with E-state index >= 15 is 0 Å². The van der Waals surface area contributed by atoms with E-state index in [-0.39, 0.29) is 41.4 Å². The standard InChI is InChI=1S/C38H45N4O7P/c1-26-24-27(2)49-50(46,48-26)37-29(4)39-28(3)34(35(37)32-16-11-17-33(25-32)42(44)45)38(43)47-23-22-40-18-20-41(21-19-40)36(30-12-7-5-8-13-30)31-14-9-6-10-15-31/h5-17,25-27,35-36,39H,18-24H2,1-4H3. The first-order chi connectivity index (χ1) is 24.0. The molecule has 0 spiro atoms. The number of nitrogens with zero attached hydrogens (tertiary/aromatic N) is 3. The van der Waals surface area contributed by atoms with Gasteiger partial charge in [0, 0.05) is 62.7 Å². The number of benzene rings is 3. The number of nitro groups is 1. The number of carbonyl (C=O) groups is 1. The zero-order valence-electron chi connectivity index (χ0n) is 29.0. The fourth-order valence-electron chi connectivity index (χ4n) is 7.40. The van der Waals surface area contributed by atoms with Crippen molar-refractivity contribution < 1.29 is 28.1 Å². The van der Waals surface area contributed by atoms with Gasteiger partial charge in [-0.2, -0.15) is 0 Å². The largest absolute Gasteiger partial charge is 0.461 e. The molecule has 12 heteroatoms. The molecule has 50 heavy (non-hydrogen) atoms. The Balaban J connectivity index is 1.17. The number of nitro benzene ring substituents is 1. The molecule has 3 aromatic carbocycles. The van der Waals surface area contributed by atoms with E-state index in [1.807, 2.05) is 26.0 Å². The van der Waals surface area contributed by atoms with Crippen LogP contribution in [0.3, 0.4) is 0 Å². The maximum atomic E-state index is 14.5. The first-order valence-corrected chi connectivity index (χ1v) is 18.7. The quantitative estimate of drug-likeness (QED) is 0.101. The number of non-ortho nitro benzene ring substituents is 1. The molecule has 0 bridgehead atoms. The third-order valence-corrected chi connectivity index (χ3v) is 12.1. The summed E-state index contributed by atoms with van der Waals surface area (Å²) < 4.78 is 32.4. The normalized spacial score (nSPS) is 25.0. The summed E-state index contributed by atoms with van der Waals surface area (Å²) in [5.41, 5.74) is 4.04. The number of dihydropyridines is 1. The van der Waals surface area contributed by atoms with Crippen molar-refractivity contribution in [3.05, 3.63) is 134 Å². The lowest BCUT2D eigenvalue weighted by Gasteiger charge is -2.40. The smallest absolute Gasteiger partial charge is 0.360 e. The number of esters is 1. The highest BCUT2D eigenvalue weighted by Gasteiger charge is 2.48.